The first-order valence-electron chi connectivity index (χ1n) is 16.9. The lowest BCUT2D eigenvalue weighted by atomic mass is 9.97. The van der Waals surface area contributed by atoms with Crippen LogP contribution >= 0.6 is 0 Å². The Kier molecular flexibility index (Phi) is 7.46. The van der Waals surface area contributed by atoms with Crippen LogP contribution in [0.25, 0.3) is 88.6 Å². The minimum Gasteiger partial charge on any atom is -0.454 e. The molecule has 0 saturated carbocycles. The van der Waals surface area contributed by atoms with Crippen molar-refractivity contribution in [3.8, 4) is 44.5 Å². The Morgan fingerprint density at radius 1 is 0.426 bits per heavy atom. The molecule has 0 aliphatic carbocycles. The molecule has 0 bridgehead atoms. The van der Waals surface area contributed by atoms with Crippen molar-refractivity contribution < 1.29 is 35.2 Å². The fourth-order valence-corrected chi connectivity index (χ4v) is 7.22. The van der Waals surface area contributed by atoms with Crippen LogP contribution in [-0.4, -0.2) is 9.97 Å². The topological polar surface area (TPSA) is 52.1 Å². The number of aromatic nitrogens is 2. The fourth-order valence-electron chi connectivity index (χ4n) is 7.22. The summed E-state index contributed by atoms with van der Waals surface area (Å²) in [7, 11) is 0. The van der Waals surface area contributed by atoms with E-state index >= 15 is 0 Å². The molecule has 4 nitrogen and oxygen atoms in total. The van der Waals surface area contributed by atoms with Gasteiger partial charge in [-0.25, -0.2) is 0 Å². The molecule has 5 aromatic carbocycles. The van der Waals surface area contributed by atoms with E-state index in [9.17, 15) is 26.3 Å². The highest BCUT2D eigenvalue weighted by molar-refractivity contribution is 6.10. The zero-order valence-electron chi connectivity index (χ0n) is 28.5. The van der Waals surface area contributed by atoms with Crippen LogP contribution in [0, 0.1) is 13.8 Å². The van der Waals surface area contributed by atoms with Gasteiger partial charge in [0.2, 0.25) is 0 Å². The van der Waals surface area contributed by atoms with Gasteiger partial charge in [0.1, 0.15) is 22.2 Å². The van der Waals surface area contributed by atoms with E-state index < -0.39 is 23.5 Å². The Morgan fingerprint density at radius 2 is 0.833 bits per heavy atom. The van der Waals surface area contributed by atoms with Gasteiger partial charge in [-0.15, -0.1) is 0 Å². The lowest BCUT2D eigenvalue weighted by Gasteiger charge is -2.14. The van der Waals surface area contributed by atoms with Crippen molar-refractivity contribution in [3.63, 3.8) is 0 Å². The maximum Gasteiger partial charge on any atom is 0.416 e. The molecular weight excluding hydrogens is 702 g/mol. The second-order valence-corrected chi connectivity index (χ2v) is 13.4. The first-order chi connectivity index (χ1) is 25.8. The number of rotatable bonds is 4. The van der Waals surface area contributed by atoms with Gasteiger partial charge >= 0.3 is 12.4 Å². The number of hydrogen-bond donors (Lipinski definition) is 0. The third-order valence-electron chi connectivity index (χ3n) is 9.69. The second kappa shape index (κ2) is 12.1. The van der Waals surface area contributed by atoms with E-state index in [-0.39, 0.29) is 17.2 Å². The third kappa shape index (κ3) is 5.74. The number of hydrogen-bond acceptors (Lipinski definition) is 4. The van der Waals surface area contributed by atoms with Gasteiger partial charge in [0.25, 0.3) is 0 Å². The van der Waals surface area contributed by atoms with E-state index in [1.165, 1.54) is 29.3 Å². The number of furan rings is 2. The summed E-state index contributed by atoms with van der Waals surface area (Å²) in [4.78, 5) is 9.17. The van der Waals surface area contributed by atoms with E-state index in [0.717, 1.165) is 44.3 Å². The molecule has 4 aromatic heterocycles. The van der Waals surface area contributed by atoms with Gasteiger partial charge in [-0.1, -0.05) is 65.7 Å². The maximum absolute atomic E-state index is 13.6. The van der Waals surface area contributed by atoms with Crippen LogP contribution in [0.2, 0.25) is 0 Å². The molecule has 0 amide bonds. The van der Waals surface area contributed by atoms with Crippen molar-refractivity contribution in [3.05, 3.63) is 144 Å². The van der Waals surface area contributed by atoms with Crippen molar-refractivity contribution in [2.75, 3.05) is 0 Å². The van der Waals surface area contributed by atoms with Crippen molar-refractivity contribution >= 4 is 44.1 Å². The predicted octanol–water partition coefficient (Wildman–Crippen LogP) is 13.6. The van der Waals surface area contributed by atoms with Crippen molar-refractivity contribution in [2.24, 2.45) is 0 Å². The molecule has 0 N–H and O–H groups in total. The number of nitrogens with zero attached hydrogens (tertiary/aromatic N) is 2. The van der Waals surface area contributed by atoms with Gasteiger partial charge in [-0.05, 0) is 102 Å². The molecule has 0 atom stereocenters. The Balaban J connectivity index is 1.08. The average Bonchev–Trinajstić information content (AvgIpc) is 3.71. The molecule has 4 heterocycles. The molecule has 10 heteroatoms. The summed E-state index contributed by atoms with van der Waals surface area (Å²) in [5.74, 6) is 0. The van der Waals surface area contributed by atoms with E-state index in [0.29, 0.717) is 45.3 Å². The largest absolute Gasteiger partial charge is 0.454 e. The number of halogens is 6. The Hall–Kier alpha value is -6.42. The Labute approximate surface area is 303 Å². The summed E-state index contributed by atoms with van der Waals surface area (Å²) < 4.78 is 94.1. The van der Waals surface area contributed by atoms with Crippen molar-refractivity contribution in [1.82, 2.24) is 9.97 Å². The monoisotopic (exact) mass is 728 g/mol. The van der Waals surface area contributed by atoms with E-state index in [2.05, 4.69) is 54.1 Å². The Bertz CT molecular complexity index is 2880. The summed E-state index contributed by atoms with van der Waals surface area (Å²) in [6, 6.07) is 30.1. The quantitative estimate of drug-likeness (QED) is 0.169. The molecule has 9 aromatic rings. The molecule has 0 aliphatic heterocycles. The minimum absolute atomic E-state index is 0.116. The molecule has 0 unspecified atom stereocenters. The first kappa shape index (κ1) is 33.4. The molecule has 0 fully saturated rings. The maximum atomic E-state index is 13.6. The molecule has 0 aliphatic rings. The third-order valence-corrected chi connectivity index (χ3v) is 9.69. The summed E-state index contributed by atoms with van der Waals surface area (Å²) >= 11 is 0. The van der Waals surface area contributed by atoms with Crippen LogP contribution < -0.4 is 0 Å². The SMILES string of the molecule is Cc1cc(C)cc(-c2ccc3oc4c(-c5ccc(-c6ccnc7c6oc6ccc(-c8cc(C(F)(F)F)cc(C(F)(F)F)c8)cc67)cc5)ccnc4c3c2)c1. The van der Waals surface area contributed by atoms with Crippen LogP contribution in [-0.2, 0) is 12.4 Å². The lowest BCUT2D eigenvalue weighted by Crippen LogP contribution is -2.11. The van der Waals surface area contributed by atoms with Crippen LogP contribution in [0.4, 0.5) is 26.3 Å². The molecule has 0 saturated heterocycles. The number of pyridine rings is 2. The molecular formula is C44H26F6N2O2. The van der Waals surface area contributed by atoms with Crippen LogP contribution in [0.3, 0.4) is 0 Å². The fraction of sp³-hybridized carbons (Fsp3) is 0.0909. The van der Waals surface area contributed by atoms with Crippen LogP contribution in [0.15, 0.2) is 130 Å². The van der Waals surface area contributed by atoms with E-state index in [1.807, 2.05) is 36.4 Å². The standard InChI is InChI=1S/C44H26F6N2O2/c1-23-15-24(2)17-29(16-23)27-7-9-37-35(20-27)39-41(53-37)33(11-13-51-39)25-3-5-26(6-4-25)34-12-14-52-40-36-21-28(8-10-38(36)54-42(34)40)30-18-31(43(45,46)47)22-32(19-30)44(48,49)50/h3-22H,1-2H3. The molecule has 54 heavy (non-hydrogen) atoms. The van der Waals surface area contributed by atoms with Crippen molar-refractivity contribution in [2.45, 2.75) is 26.2 Å². The van der Waals surface area contributed by atoms with Crippen LogP contribution in [0.5, 0.6) is 0 Å². The highest BCUT2D eigenvalue weighted by atomic mass is 19.4. The normalized spacial score (nSPS) is 12.4. The molecule has 266 valence electrons. The highest BCUT2D eigenvalue weighted by Gasteiger charge is 2.37. The zero-order valence-corrected chi connectivity index (χ0v) is 28.5. The van der Waals surface area contributed by atoms with E-state index in [1.54, 1.807) is 18.5 Å². The number of fused-ring (bicyclic) bond motifs is 6. The summed E-state index contributed by atoms with van der Waals surface area (Å²) in [5.41, 5.74) is 8.44. The molecule has 0 radical (unpaired) electrons. The summed E-state index contributed by atoms with van der Waals surface area (Å²) in [5, 5.41) is 1.37. The molecule has 9 rings (SSSR count). The smallest absolute Gasteiger partial charge is 0.416 e. The summed E-state index contributed by atoms with van der Waals surface area (Å²) in [6.07, 6.45) is -6.57. The molecule has 0 spiro atoms. The zero-order chi connectivity index (χ0) is 37.5. The van der Waals surface area contributed by atoms with E-state index in [4.69, 9.17) is 8.83 Å². The van der Waals surface area contributed by atoms with Gasteiger partial charge in [-0.3, -0.25) is 9.97 Å². The average molecular weight is 729 g/mol. The van der Waals surface area contributed by atoms with Crippen molar-refractivity contribution in [1.29, 1.82) is 0 Å². The first-order valence-corrected chi connectivity index (χ1v) is 16.9. The van der Waals surface area contributed by atoms with Gasteiger partial charge in [-0.2, -0.15) is 26.3 Å². The lowest BCUT2D eigenvalue weighted by molar-refractivity contribution is -0.143. The minimum atomic E-state index is -4.96. The summed E-state index contributed by atoms with van der Waals surface area (Å²) in [6.45, 7) is 4.16. The Morgan fingerprint density at radius 3 is 1.26 bits per heavy atom. The number of alkyl halides is 6. The number of aryl methyl sites for hydroxylation is 2. The number of benzene rings is 5. The second-order valence-electron chi connectivity index (χ2n) is 13.4. The van der Waals surface area contributed by atoms with Gasteiger partial charge < -0.3 is 8.83 Å². The van der Waals surface area contributed by atoms with Crippen LogP contribution in [0.1, 0.15) is 22.3 Å². The highest BCUT2D eigenvalue weighted by Crippen LogP contribution is 2.42. The predicted molar refractivity (Wildman–Crippen MR) is 198 cm³/mol. The van der Waals surface area contributed by atoms with Gasteiger partial charge in [0, 0.05) is 34.3 Å². The van der Waals surface area contributed by atoms with Gasteiger partial charge in [0.05, 0.1) is 11.1 Å². The van der Waals surface area contributed by atoms with Gasteiger partial charge in [0.15, 0.2) is 11.2 Å².